The molecule has 0 aliphatic rings. The Bertz CT molecular complexity index is 1090. The normalized spacial score (nSPS) is 12.3. The number of carbonyl (C=O) groups excluding carboxylic acids is 1. The first kappa shape index (κ1) is 25.2. The minimum atomic E-state index is -3.77. The molecule has 2 aromatic carbocycles. The Kier molecular flexibility index (Phi) is 7.90. The Balaban J connectivity index is 2.20. The fraction of sp³-hybridized carbons (Fsp3) is 0.391. The average Bonchev–Trinajstić information content (AvgIpc) is 2.74. The van der Waals surface area contributed by atoms with E-state index in [1.54, 1.807) is 19.1 Å². The Morgan fingerprint density at radius 3 is 2.19 bits per heavy atom. The number of nitrogens with zero attached hydrogens (tertiary/aromatic N) is 2. The number of sulfonamides is 1. The lowest BCUT2D eigenvalue weighted by molar-refractivity contribution is -0.119. The molecular weight excluding hydrogens is 430 g/mol. The monoisotopic (exact) mass is 461 g/mol. The number of amides is 1. The number of hydrogen-bond acceptors (Lipinski definition) is 6. The molecule has 32 heavy (non-hydrogen) atoms. The topological polar surface area (TPSA) is 97.3 Å². The molecule has 0 saturated carbocycles. The lowest BCUT2D eigenvalue weighted by Gasteiger charge is -2.23. The van der Waals surface area contributed by atoms with Crippen LogP contribution in [0.3, 0.4) is 0 Å². The van der Waals surface area contributed by atoms with Crippen LogP contribution in [0.1, 0.15) is 38.8 Å². The third-order valence-electron chi connectivity index (χ3n) is 4.86. The van der Waals surface area contributed by atoms with Gasteiger partial charge in [-0.15, -0.1) is 0 Å². The van der Waals surface area contributed by atoms with E-state index in [4.69, 9.17) is 9.47 Å². The lowest BCUT2D eigenvalue weighted by atomic mass is 9.86. The van der Waals surface area contributed by atoms with Gasteiger partial charge < -0.3 is 9.47 Å². The summed E-state index contributed by atoms with van der Waals surface area (Å²) in [5, 5.41) is 4.13. The Hall–Kier alpha value is -3.07. The highest BCUT2D eigenvalue weighted by atomic mass is 32.2. The summed E-state index contributed by atoms with van der Waals surface area (Å²) in [6, 6.07) is 12.6. The van der Waals surface area contributed by atoms with Crippen LogP contribution in [0.25, 0.3) is 0 Å². The molecule has 0 fully saturated rings. The highest BCUT2D eigenvalue weighted by Crippen LogP contribution is 2.33. The first-order valence-electron chi connectivity index (χ1n) is 10.0. The first-order chi connectivity index (χ1) is 14.9. The van der Waals surface area contributed by atoms with Gasteiger partial charge in [-0.2, -0.15) is 5.10 Å². The van der Waals surface area contributed by atoms with Crippen molar-refractivity contribution in [2.45, 2.75) is 33.1 Å². The zero-order valence-electron chi connectivity index (χ0n) is 19.6. The van der Waals surface area contributed by atoms with E-state index in [-0.39, 0.29) is 16.9 Å². The fourth-order valence-corrected chi connectivity index (χ4v) is 3.82. The third kappa shape index (κ3) is 6.46. The van der Waals surface area contributed by atoms with E-state index in [9.17, 15) is 13.2 Å². The molecule has 0 saturated heterocycles. The maximum absolute atomic E-state index is 12.5. The van der Waals surface area contributed by atoms with Gasteiger partial charge in [0.2, 0.25) is 10.0 Å². The summed E-state index contributed by atoms with van der Waals surface area (Å²) in [5.41, 5.74) is 5.35. The van der Waals surface area contributed by atoms with Crippen LogP contribution in [-0.4, -0.2) is 47.1 Å². The second-order valence-corrected chi connectivity index (χ2v) is 10.3. The van der Waals surface area contributed by atoms with Crippen molar-refractivity contribution in [3.8, 4) is 11.5 Å². The lowest BCUT2D eigenvalue weighted by Crippen LogP contribution is -2.39. The van der Waals surface area contributed by atoms with Crippen LogP contribution < -0.4 is 19.2 Å². The van der Waals surface area contributed by atoms with Crippen molar-refractivity contribution in [2.24, 2.45) is 5.10 Å². The minimum absolute atomic E-state index is 0.0371. The van der Waals surface area contributed by atoms with Crippen LogP contribution in [0.15, 0.2) is 47.6 Å². The van der Waals surface area contributed by atoms with E-state index in [0.717, 1.165) is 16.1 Å². The maximum atomic E-state index is 12.5. The van der Waals surface area contributed by atoms with Gasteiger partial charge in [0.25, 0.3) is 5.91 Å². The van der Waals surface area contributed by atoms with Crippen molar-refractivity contribution in [3.63, 3.8) is 0 Å². The number of nitrogens with one attached hydrogen (secondary N) is 1. The number of carbonyl (C=O) groups is 1. The van der Waals surface area contributed by atoms with E-state index >= 15 is 0 Å². The van der Waals surface area contributed by atoms with Crippen LogP contribution >= 0.6 is 0 Å². The smallest absolute Gasteiger partial charge is 0.260 e. The zero-order valence-corrected chi connectivity index (χ0v) is 20.4. The van der Waals surface area contributed by atoms with Gasteiger partial charge >= 0.3 is 0 Å². The number of hydrazone groups is 1. The number of benzene rings is 2. The largest absolute Gasteiger partial charge is 0.497 e. The zero-order chi connectivity index (χ0) is 24.1. The third-order valence-corrected chi connectivity index (χ3v) is 5.99. The number of methoxy groups -OCH3 is 2. The molecule has 174 valence electrons. The summed E-state index contributed by atoms with van der Waals surface area (Å²) in [6.45, 7) is 7.71. The van der Waals surface area contributed by atoms with Crippen molar-refractivity contribution in [3.05, 3.63) is 53.6 Å². The van der Waals surface area contributed by atoms with Gasteiger partial charge in [0, 0.05) is 6.07 Å². The standard InChI is InChI=1S/C23H31N3O5S/c1-16(17-8-10-18(11-9-17)23(2,3)4)24-25-22(27)15-26(32(7,28)29)20-13-12-19(30-5)14-21(20)31-6/h8-14H,15H2,1-7H3,(H,25,27)/b24-16-. The molecule has 0 unspecified atom stereocenters. The second-order valence-electron chi connectivity index (χ2n) is 8.37. The van der Waals surface area contributed by atoms with Crippen molar-refractivity contribution >= 4 is 27.3 Å². The molecule has 0 aliphatic carbocycles. The van der Waals surface area contributed by atoms with Gasteiger partial charge in [-0.05, 0) is 35.6 Å². The van der Waals surface area contributed by atoms with Crippen molar-refractivity contribution in [2.75, 3.05) is 31.3 Å². The summed E-state index contributed by atoms with van der Waals surface area (Å²) in [6.07, 6.45) is 1.02. The Morgan fingerprint density at radius 2 is 1.69 bits per heavy atom. The number of anilines is 1. The maximum Gasteiger partial charge on any atom is 0.260 e. The molecule has 2 aromatic rings. The molecule has 9 heteroatoms. The molecule has 2 rings (SSSR count). The van der Waals surface area contributed by atoms with Crippen LogP contribution in [0.4, 0.5) is 5.69 Å². The summed E-state index contributed by atoms with van der Waals surface area (Å²) in [4.78, 5) is 12.5. The van der Waals surface area contributed by atoms with E-state index in [0.29, 0.717) is 11.5 Å². The minimum Gasteiger partial charge on any atom is -0.497 e. The molecule has 0 atom stereocenters. The van der Waals surface area contributed by atoms with Crippen molar-refractivity contribution in [1.29, 1.82) is 0 Å². The molecule has 1 N–H and O–H groups in total. The quantitative estimate of drug-likeness (QED) is 0.481. The molecule has 8 nitrogen and oxygen atoms in total. The molecule has 0 heterocycles. The highest BCUT2D eigenvalue weighted by molar-refractivity contribution is 7.92. The van der Waals surface area contributed by atoms with E-state index in [2.05, 4.69) is 31.3 Å². The number of ether oxygens (including phenoxy) is 2. The fourth-order valence-electron chi connectivity index (χ4n) is 2.96. The first-order valence-corrected chi connectivity index (χ1v) is 11.9. The molecule has 0 bridgehead atoms. The van der Waals surface area contributed by atoms with Gasteiger partial charge in [-0.1, -0.05) is 45.0 Å². The SMILES string of the molecule is COc1ccc(N(CC(=O)N/N=C(/C)c2ccc(C(C)(C)C)cc2)S(C)(=O)=O)c(OC)c1. The van der Waals surface area contributed by atoms with Gasteiger partial charge in [0.15, 0.2) is 0 Å². The van der Waals surface area contributed by atoms with E-state index < -0.39 is 22.5 Å². The van der Waals surface area contributed by atoms with Crippen LogP contribution in [0.2, 0.25) is 0 Å². The van der Waals surface area contributed by atoms with Crippen molar-refractivity contribution in [1.82, 2.24) is 5.43 Å². The van der Waals surface area contributed by atoms with E-state index in [1.165, 1.54) is 25.8 Å². The summed E-state index contributed by atoms with van der Waals surface area (Å²) in [5.74, 6) is 0.182. The summed E-state index contributed by atoms with van der Waals surface area (Å²) in [7, 11) is -0.864. The predicted octanol–water partition coefficient (Wildman–Crippen LogP) is 3.31. The number of rotatable bonds is 8. The van der Waals surface area contributed by atoms with Gasteiger partial charge in [-0.3, -0.25) is 9.10 Å². The van der Waals surface area contributed by atoms with E-state index in [1.807, 2.05) is 24.3 Å². The van der Waals surface area contributed by atoms with Gasteiger partial charge in [-0.25, -0.2) is 13.8 Å². The molecule has 0 aliphatic heterocycles. The molecule has 0 spiro atoms. The molecular formula is C23H31N3O5S. The predicted molar refractivity (Wildman–Crippen MR) is 127 cm³/mol. The molecule has 0 aromatic heterocycles. The van der Waals surface area contributed by atoms with Crippen LogP contribution in [0.5, 0.6) is 11.5 Å². The Labute approximate surface area is 190 Å². The van der Waals surface area contributed by atoms with Crippen molar-refractivity contribution < 1.29 is 22.7 Å². The summed E-state index contributed by atoms with van der Waals surface area (Å²) >= 11 is 0. The van der Waals surface area contributed by atoms with Crippen LogP contribution in [-0.2, 0) is 20.2 Å². The molecule has 1 amide bonds. The average molecular weight is 462 g/mol. The van der Waals surface area contributed by atoms with Gasteiger partial charge in [0.1, 0.15) is 18.0 Å². The van der Waals surface area contributed by atoms with Crippen LogP contribution in [0, 0.1) is 0 Å². The van der Waals surface area contributed by atoms with Gasteiger partial charge in [0.05, 0.1) is 31.9 Å². The molecule has 0 radical (unpaired) electrons. The highest BCUT2D eigenvalue weighted by Gasteiger charge is 2.24. The number of hydrogen-bond donors (Lipinski definition) is 1. The second kappa shape index (κ2) is 10.0. The summed E-state index contributed by atoms with van der Waals surface area (Å²) < 4.78 is 36.2. The Morgan fingerprint density at radius 1 is 1.06 bits per heavy atom.